The largest absolute Gasteiger partial charge is 0.244 e. The average molecular weight is 316 g/mol. The molecular formula is C15H11ClFN5. The Labute approximate surface area is 130 Å². The first-order chi connectivity index (χ1) is 10.7. The zero-order chi connectivity index (χ0) is 15.1. The first kappa shape index (κ1) is 13.3. The summed E-state index contributed by atoms with van der Waals surface area (Å²) in [7, 11) is 0. The highest BCUT2D eigenvalue weighted by Gasteiger charge is 2.26. The zero-order valence-corrected chi connectivity index (χ0v) is 12.2. The minimum absolute atomic E-state index is 0.107. The van der Waals surface area contributed by atoms with Crippen molar-refractivity contribution < 1.29 is 4.39 Å². The number of fused-ring (bicyclic) bond motifs is 1. The summed E-state index contributed by atoms with van der Waals surface area (Å²) in [6, 6.07) is 6.02. The lowest BCUT2D eigenvalue weighted by atomic mass is 10.1. The van der Waals surface area contributed by atoms with Gasteiger partial charge in [0.05, 0.1) is 24.6 Å². The van der Waals surface area contributed by atoms with Crippen LogP contribution in [-0.4, -0.2) is 25.0 Å². The summed E-state index contributed by atoms with van der Waals surface area (Å²) in [5, 5.41) is 9.06. The van der Waals surface area contributed by atoms with Crippen LogP contribution in [0.2, 0.25) is 5.02 Å². The first-order valence-electron chi connectivity index (χ1n) is 6.89. The third-order valence-corrected chi connectivity index (χ3v) is 4.22. The summed E-state index contributed by atoms with van der Waals surface area (Å²) in [4.78, 5) is 7.85. The molecule has 2 heterocycles. The van der Waals surface area contributed by atoms with E-state index in [-0.39, 0.29) is 6.04 Å². The number of rotatable bonds is 2. The summed E-state index contributed by atoms with van der Waals surface area (Å²) in [6.07, 6.45) is 5.86. The molecule has 0 aliphatic heterocycles. The maximum absolute atomic E-state index is 12.9. The quantitative estimate of drug-likeness (QED) is 0.729. The van der Waals surface area contributed by atoms with Crippen LogP contribution in [0.5, 0.6) is 0 Å². The summed E-state index contributed by atoms with van der Waals surface area (Å²) >= 11 is 6.24. The SMILES string of the molecule is Fc1cnc(-c2cn([C@@H]3CCc4c(Cl)cccc43)nn2)nc1. The molecule has 0 spiro atoms. The Morgan fingerprint density at radius 3 is 2.86 bits per heavy atom. The maximum atomic E-state index is 12.9. The number of halogens is 2. The summed E-state index contributed by atoms with van der Waals surface area (Å²) in [6.45, 7) is 0. The van der Waals surface area contributed by atoms with Crippen molar-refractivity contribution in [2.75, 3.05) is 0 Å². The molecule has 0 unspecified atom stereocenters. The van der Waals surface area contributed by atoms with Crippen LogP contribution in [0.4, 0.5) is 4.39 Å². The minimum Gasteiger partial charge on any atom is -0.244 e. The molecule has 0 N–H and O–H groups in total. The van der Waals surface area contributed by atoms with Crippen molar-refractivity contribution >= 4 is 11.6 Å². The van der Waals surface area contributed by atoms with E-state index in [0.29, 0.717) is 11.5 Å². The van der Waals surface area contributed by atoms with Gasteiger partial charge >= 0.3 is 0 Å². The van der Waals surface area contributed by atoms with Gasteiger partial charge in [-0.15, -0.1) is 5.10 Å². The number of aromatic nitrogens is 5. The fourth-order valence-corrected chi connectivity index (χ4v) is 3.12. The number of hydrogen-bond donors (Lipinski definition) is 0. The van der Waals surface area contributed by atoms with Crippen molar-refractivity contribution in [3.8, 4) is 11.5 Å². The van der Waals surface area contributed by atoms with Gasteiger partial charge in [0.2, 0.25) is 0 Å². The molecule has 110 valence electrons. The van der Waals surface area contributed by atoms with Crippen LogP contribution in [0, 0.1) is 5.82 Å². The first-order valence-corrected chi connectivity index (χ1v) is 7.27. The molecule has 0 bridgehead atoms. The Balaban J connectivity index is 1.69. The molecule has 1 aliphatic carbocycles. The predicted molar refractivity (Wildman–Crippen MR) is 78.9 cm³/mol. The van der Waals surface area contributed by atoms with E-state index in [2.05, 4.69) is 26.3 Å². The van der Waals surface area contributed by atoms with E-state index in [1.165, 1.54) is 11.1 Å². The van der Waals surface area contributed by atoms with Crippen LogP contribution in [0.15, 0.2) is 36.8 Å². The van der Waals surface area contributed by atoms with E-state index in [9.17, 15) is 4.39 Å². The highest BCUT2D eigenvalue weighted by molar-refractivity contribution is 6.31. The topological polar surface area (TPSA) is 56.5 Å². The van der Waals surface area contributed by atoms with Gasteiger partial charge in [-0.2, -0.15) is 0 Å². The molecule has 1 aromatic carbocycles. The van der Waals surface area contributed by atoms with Gasteiger partial charge < -0.3 is 0 Å². The average Bonchev–Trinajstić information content (AvgIpc) is 3.15. The van der Waals surface area contributed by atoms with Crippen molar-refractivity contribution in [1.82, 2.24) is 25.0 Å². The summed E-state index contributed by atoms with van der Waals surface area (Å²) in [5.41, 5.74) is 2.86. The third kappa shape index (κ3) is 2.16. The lowest BCUT2D eigenvalue weighted by Gasteiger charge is -2.11. The van der Waals surface area contributed by atoms with Gasteiger partial charge in [-0.3, -0.25) is 0 Å². The molecule has 2 aromatic heterocycles. The predicted octanol–water partition coefficient (Wildman–Crippen LogP) is 3.06. The molecule has 1 aliphatic rings. The standard InChI is InChI=1S/C15H11ClFN5/c16-12-3-1-2-11-10(12)4-5-14(11)22-8-13(20-21-22)15-18-6-9(17)7-19-15/h1-3,6-8,14H,4-5H2/t14-/m1/s1. The van der Waals surface area contributed by atoms with Crippen LogP contribution in [0.1, 0.15) is 23.6 Å². The Bertz CT molecular complexity index is 830. The van der Waals surface area contributed by atoms with Crippen LogP contribution in [-0.2, 0) is 6.42 Å². The second-order valence-electron chi connectivity index (χ2n) is 5.17. The fraction of sp³-hybridized carbons (Fsp3) is 0.200. The number of nitrogens with zero attached hydrogens (tertiary/aromatic N) is 5. The molecular weight excluding hydrogens is 305 g/mol. The van der Waals surface area contributed by atoms with Crippen LogP contribution < -0.4 is 0 Å². The Morgan fingerprint density at radius 1 is 1.23 bits per heavy atom. The van der Waals surface area contributed by atoms with E-state index >= 15 is 0 Å². The van der Waals surface area contributed by atoms with Gasteiger partial charge in [-0.1, -0.05) is 28.9 Å². The van der Waals surface area contributed by atoms with Crippen molar-refractivity contribution in [3.05, 3.63) is 58.8 Å². The fourth-order valence-electron chi connectivity index (χ4n) is 2.84. The van der Waals surface area contributed by atoms with Gasteiger partial charge in [0, 0.05) is 5.02 Å². The van der Waals surface area contributed by atoms with Crippen molar-refractivity contribution in [1.29, 1.82) is 0 Å². The van der Waals surface area contributed by atoms with E-state index < -0.39 is 5.82 Å². The highest BCUT2D eigenvalue weighted by atomic mass is 35.5. The second kappa shape index (κ2) is 5.14. The molecule has 5 nitrogen and oxygen atoms in total. The minimum atomic E-state index is -0.476. The van der Waals surface area contributed by atoms with Crippen LogP contribution in [0.25, 0.3) is 11.5 Å². The van der Waals surface area contributed by atoms with Gasteiger partial charge in [-0.05, 0) is 30.0 Å². The smallest absolute Gasteiger partial charge is 0.181 e. The van der Waals surface area contributed by atoms with Gasteiger partial charge in [0.1, 0.15) is 5.69 Å². The summed E-state index contributed by atoms with van der Waals surface area (Å²) in [5.74, 6) is -0.118. The highest BCUT2D eigenvalue weighted by Crippen LogP contribution is 2.37. The normalized spacial score (nSPS) is 16.7. The Hall–Kier alpha value is -2.34. The molecule has 22 heavy (non-hydrogen) atoms. The molecule has 4 rings (SSSR count). The Kier molecular flexibility index (Phi) is 3.11. The number of hydrogen-bond acceptors (Lipinski definition) is 4. The maximum Gasteiger partial charge on any atom is 0.181 e. The molecule has 3 aromatic rings. The van der Waals surface area contributed by atoms with Gasteiger partial charge in [0.25, 0.3) is 0 Å². The summed E-state index contributed by atoms with van der Waals surface area (Å²) < 4.78 is 14.7. The van der Waals surface area contributed by atoms with E-state index in [0.717, 1.165) is 30.3 Å². The molecule has 0 saturated heterocycles. The zero-order valence-electron chi connectivity index (χ0n) is 11.4. The third-order valence-electron chi connectivity index (χ3n) is 3.86. The molecule has 0 amide bonds. The molecule has 0 radical (unpaired) electrons. The molecule has 0 fully saturated rings. The van der Waals surface area contributed by atoms with E-state index in [4.69, 9.17) is 11.6 Å². The number of benzene rings is 1. The van der Waals surface area contributed by atoms with Crippen molar-refractivity contribution in [3.63, 3.8) is 0 Å². The van der Waals surface area contributed by atoms with Crippen molar-refractivity contribution in [2.45, 2.75) is 18.9 Å². The second-order valence-corrected chi connectivity index (χ2v) is 5.58. The molecule has 7 heteroatoms. The van der Waals surface area contributed by atoms with Crippen molar-refractivity contribution in [2.24, 2.45) is 0 Å². The van der Waals surface area contributed by atoms with Crippen LogP contribution >= 0.6 is 11.6 Å². The van der Waals surface area contributed by atoms with Crippen LogP contribution in [0.3, 0.4) is 0 Å². The van der Waals surface area contributed by atoms with E-state index in [1.807, 2.05) is 12.1 Å². The molecule has 0 saturated carbocycles. The molecule has 1 atom stereocenters. The monoisotopic (exact) mass is 315 g/mol. The lowest BCUT2D eigenvalue weighted by Crippen LogP contribution is -2.07. The van der Waals surface area contributed by atoms with Gasteiger partial charge in [0.15, 0.2) is 11.6 Å². The van der Waals surface area contributed by atoms with E-state index in [1.54, 1.807) is 10.9 Å². The lowest BCUT2D eigenvalue weighted by molar-refractivity contribution is 0.504. The Morgan fingerprint density at radius 2 is 2.05 bits per heavy atom. The van der Waals surface area contributed by atoms with Gasteiger partial charge in [-0.25, -0.2) is 19.0 Å².